The number of fused-ring (bicyclic) bond motifs is 1. The molecule has 0 radical (unpaired) electrons. The van der Waals surface area contributed by atoms with E-state index in [0.717, 1.165) is 58.1 Å². The fourth-order valence-corrected chi connectivity index (χ4v) is 4.62. The second-order valence-corrected chi connectivity index (χ2v) is 8.74. The summed E-state index contributed by atoms with van der Waals surface area (Å²) < 4.78 is 8.04. The summed E-state index contributed by atoms with van der Waals surface area (Å²) in [7, 11) is 0. The van der Waals surface area contributed by atoms with E-state index in [2.05, 4.69) is 29.8 Å². The highest BCUT2D eigenvalue weighted by Crippen LogP contribution is 2.34. The van der Waals surface area contributed by atoms with E-state index in [4.69, 9.17) is 4.74 Å². The van der Waals surface area contributed by atoms with Crippen LogP contribution in [0.1, 0.15) is 30.0 Å². The first-order valence-electron chi connectivity index (χ1n) is 10.5. The van der Waals surface area contributed by atoms with Crippen molar-refractivity contribution >= 4 is 39.9 Å². The van der Waals surface area contributed by atoms with Crippen molar-refractivity contribution < 1.29 is 14.3 Å². The lowest BCUT2D eigenvalue weighted by atomic mass is 10.1. The van der Waals surface area contributed by atoms with E-state index in [1.807, 2.05) is 50.3 Å². The first-order chi connectivity index (χ1) is 15.0. The minimum Gasteiger partial charge on any atom is -0.491 e. The van der Waals surface area contributed by atoms with E-state index >= 15 is 0 Å². The molecule has 1 fully saturated rings. The lowest BCUT2D eigenvalue weighted by molar-refractivity contribution is -0.123. The Morgan fingerprint density at radius 3 is 2.68 bits per heavy atom. The predicted molar refractivity (Wildman–Crippen MR) is 126 cm³/mol. The van der Waals surface area contributed by atoms with Gasteiger partial charge in [0.1, 0.15) is 12.4 Å². The van der Waals surface area contributed by atoms with E-state index in [1.165, 1.54) is 4.90 Å². The number of para-hydroxylation sites is 1. The van der Waals surface area contributed by atoms with E-state index in [9.17, 15) is 9.59 Å². The molecule has 0 atom stereocenters. The average Bonchev–Trinajstić information content (AvgIpc) is 3.23. The van der Waals surface area contributed by atoms with Crippen molar-refractivity contribution in [2.45, 2.75) is 33.7 Å². The zero-order valence-electron chi connectivity index (χ0n) is 18.1. The second-order valence-electron chi connectivity index (χ2n) is 7.75. The summed E-state index contributed by atoms with van der Waals surface area (Å²) in [5.41, 5.74) is 4.23. The van der Waals surface area contributed by atoms with Crippen molar-refractivity contribution in [3.05, 3.63) is 70.3 Å². The van der Waals surface area contributed by atoms with Crippen LogP contribution in [0.2, 0.25) is 0 Å². The van der Waals surface area contributed by atoms with Gasteiger partial charge in [-0.1, -0.05) is 37.3 Å². The van der Waals surface area contributed by atoms with Crippen molar-refractivity contribution in [2.24, 2.45) is 0 Å². The highest BCUT2D eigenvalue weighted by molar-refractivity contribution is 8.18. The predicted octanol–water partition coefficient (Wildman–Crippen LogP) is 5.78. The van der Waals surface area contributed by atoms with Gasteiger partial charge in [-0.25, -0.2) is 0 Å². The number of rotatable bonds is 7. The number of hydrogen-bond acceptors (Lipinski definition) is 4. The monoisotopic (exact) mass is 434 g/mol. The molecule has 0 unspecified atom stereocenters. The Labute approximate surface area is 186 Å². The van der Waals surface area contributed by atoms with Gasteiger partial charge in [0, 0.05) is 29.2 Å². The highest BCUT2D eigenvalue weighted by atomic mass is 32.2. The molecule has 0 spiro atoms. The molecular weight excluding hydrogens is 408 g/mol. The second kappa shape index (κ2) is 9.02. The third kappa shape index (κ3) is 4.39. The summed E-state index contributed by atoms with van der Waals surface area (Å²) in [5.74, 6) is 0.526. The Morgan fingerprint density at radius 2 is 1.87 bits per heavy atom. The first-order valence-corrected chi connectivity index (χ1v) is 11.3. The molecule has 0 aliphatic carbocycles. The molecule has 160 valence electrons. The summed E-state index contributed by atoms with van der Waals surface area (Å²) in [6, 6.07) is 14.1. The molecule has 0 saturated carbocycles. The van der Waals surface area contributed by atoms with Gasteiger partial charge in [0.05, 0.1) is 11.4 Å². The number of imide groups is 1. The van der Waals surface area contributed by atoms with Crippen molar-refractivity contribution in [1.29, 1.82) is 0 Å². The van der Waals surface area contributed by atoms with E-state index in [-0.39, 0.29) is 24.3 Å². The lowest BCUT2D eigenvalue weighted by Crippen LogP contribution is -2.32. The number of hydrogen-bond donors (Lipinski definition) is 0. The smallest absolute Gasteiger partial charge is 0.293 e. The number of ether oxygens (including phenoxy) is 1. The minimum atomic E-state index is -0.258. The zero-order chi connectivity index (χ0) is 22.0. The van der Waals surface area contributed by atoms with Gasteiger partial charge < -0.3 is 9.30 Å². The molecule has 0 bridgehead atoms. The molecule has 1 saturated heterocycles. The number of carbonyl (C=O) groups is 2. The number of nitrogens with zero attached hydrogens (tertiary/aromatic N) is 2. The van der Waals surface area contributed by atoms with Crippen LogP contribution in [0.4, 0.5) is 4.79 Å². The van der Waals surface area contributed by atoms with Crippen LogP contribution in [0.15, 0.2) is 53.6 Å². The molecule has 4 rings (SSSR count). The molecule has 5 nitrogen and oxygen atoms in total. The molecule has 6 heteroatoms. The molecular formula is C25H26N2O3S. The molecule has 1 aliphatic heterocycles. The van der Waals surface area contributed by atoms with Crippen LogP contribution < -0.4 is 4.74 Å². The quantitative estimate of drug-likeness (QED) is 0.442. The van der Waals surface area contributed by atoms with Crippen LogP contribution in [0.25, 0.3) is 17.0 Å². The molecule has 0 N–H and O–H groups in total. The molecule has 1 aliphatic rings. The number of benzene rings is 2. The van der Waals surface area contributed by atoms with Crippen LogP contribution >= 0.6 is 11.8 Å². The van der Waals surface area contributed by atoms with Crippen LogP contribution in [0.5, 0.6) is 5.75 Å². The van der Waals surface area contributed by atoms with Crippen LogP contribution in [-0.2, 0) is 11.3 Å². The third-order valence-corrected chi connectivity index (χ3v) is 6.27. The molecule has 2 amide bonds. The summed E-state index contributed by atoms with van der Waals surface area (Å²) >= 11 is 0.993. The largest absolute Gasteiger partial charge is 0.491 e. The maximum absolute atomic E-state index is 12.9. The zero-order valence-corrected chi connectivity index (χ0v) is 18.9. The molecule has 31 heavy (non-hydrogen) atoms. The fourth-order valence-electron chi connectivity index (χ4n) is 3.76. The van der Waals surface area contributed by atoms with Gasteiger partial charge in [-0.3, -0.25) is 14.5 Å². The van der Waals surface area contributed by atoms with Crippen LogP contribution in [0, 0.1) is 13.8 Å². The summed E-state index contributed by atoms with van der Waals surface area (Å²) in [5, 5.41) is 0.833. The van der Waals surface area contributed by atoms with Crippen molar-refractivity contribution in [2.75, 3.05) is 13.2 Å². The standard InChI is InChI=1S/C25H26N2O3S/c1-4-11-26-16-19(20-7-5-6-8-21(20)26)15-23-24(28)27(25(29)31-23)12-13-30-22-14-17(2)9-10-18(22)3/h5-10,14-16H,4,11-13H2,1-3H3/b23-15-. The van der Waals surface area contributed by atoms with E-state index in [1.54, 1.807) is 0 Å². The Balaban J connectivity index is 1.50. The third-order valence-electron chi connectivity index (χ3n) is 5.36. The van der Waals surface area contributed by atoms with Crippen LogP contribution in [0.3, 0.4) is 0 Å². The van der Waals surface area contributed by atoms with Gasteiger partial charge in [-0.15, -0.1) is 0 Å². The Hall–Kier alpha value is -2.99. The molecule has 1 aromatic heterocycles. The normalized spacial score (nSPS) is 15.5. The average molecular weight is 435 g/mol. The number of aryl methyl sites for hydroxylation is 3. The van der Waals surface area contributed by atoms with Crippen molar-refractivity contribution in [3.8, 4) is 5.75 Å². The van der Waals surface area contributed by atoms with Gasteiger partial charge >= 0.3 is 0 Å². The molecule has 3 aromatic rings. The van der Waals surface area contributed by atoms with Gasteiger partial charge in [0.15, 0.2) is 0 Å². The maximum Gasteiger partial charge on any atom is 0.293 e. The summed E-state index contributed by atoms with van der Waals surface area (Å²) in [4.78, 5) is 27.1. The molecule has 2 aromatic carbocycles. The fraction of sp³-hybridized carbons (Fsp3) is 0.280. The first kappa shape index (κ1) is 21.2. The minimum absolute atomic E-state index is 0.229. The number of carbonyl (C=O) groups excluding carboxylic acids is 2. The van der Waals surface area contributed by atoms with Gasteiger partial charge in [0.2, 0.25) is 0 Å². The van der Waals surface area contributed by atoms with Crippen molar-refractivity contribution in [1.82, 2.24) is 9.47 Å². The van der Waals surface area contributed by atoms with Gasteiger partial charge in [-0.05, 0) is 61.4 Å². The Morgan fingerprint density at radius 1 is 1.06 bits per heavy atom. The van der Waals surface area contributed by atoms with E-state index < -0.39 is 0 Å². The maximum atomic E-state index is 12.9. The molecule has 2 heterocycles. The Bertz CT molecular complexity index is 1180. The highest BCUT2D eigenvalue weighted by Gasteiger charge is 2.35. The number of amides is 2. The van der Waals surface area contributed by atoms with Crippen LogP contribution in [-0.4, -0.2) is 33.8 Å². The van der Waals surface area contributed by atoms with Crippen molar-refractivity contribution in [3.63, 3.8) is 0 Å². The Kier molecular flexibility index (Phi) is 6.18. The number of thioether (sulfide) groups is 1. The lowest BCUT2D eigenvalue weighted by Gasteiger charge is -2.14. The summed E-state index contributed by atoms with van der Waals surface area (Å²) in [6.07, 6.45) is 4.92. The number of aromatic nitrogens is 1. The van der Waals surface area contributed by atoms with Gasteiger partial charge in [0.25, 0.3) is 11.1 Å². The van der Waals surface area contributed by atoms with Gasteiger partial charge in [-0.2, -0.15) is 0 Å². The van der Waals surface area contributed by atoms with E-state index in [0.29, 0.717) is 4.91 Å². The topological polar surface area (TPSA) is 51.5 Å². The summed E-state index contributed by atoms with van der Waals surface area (Å²) in [6.45, 7) is 7.53. The SMILES string of the molecule is CCCn1cc(/C=C2\SC(=O)N(CCOc3cc(C)ccc3C)C2=O)c2ccccc21.